The van der Waals surface area contributed by atoms with Gasteiger partial charge in [0.05, 0.1) is 11.3 Å². The maximum absolute atomic E-state index is 12.6. The first-order chi connectivity index (χ1) is 16.2. The van der Waals surface area contributed by atoms with Crippen LogP contribution in [0.3, 0.4) is 0 Å². The van der Waals surface area contributed by atoms with Crippen molar-refractivity contribution in [3.05, 3.63) is 76.7 Å². The minimum atomic E-state index is -0.666. The molecule has 2 aromatic carbocycles. The van der Waals surface area contributed by atoms with Crippen LogP contribution in [0.5, 0.6) is 5.75 Å². The second-order valence-electron chi connectivity index (χ2n) is 8.31. The van der Waals surface area contributed by atoms with Crippen LogP contribution in [0, 0.1) is 19.8 Å². The van der Waals surface area contributed by atoms with E-state index in [4.69, 9.17) is 14.0 Å². The van der Waals surface area contributed by atoms with E-state index in [1.54, 1.807) is 55.5 Å². The number of nitrogens with one attached hydrogen (secondary N) is 1. The molecule has 0 unspecified atom stereocenters. The monoisotopic (exact) mass is 464 g/mol. The number of carbonyl (C=O) groups is 3. The van der Waals surface area contributed by atoms with Crippen molar-refractivity contribution in [3.8, 4) is 5.75 Å². The fraction of sp³-hybridized carbons (Fsp3) is 0.308. The molecule has 8 heteroatoms. The lowest BCUT2D eigenvalue weighted by Gasteiger charge is -2.11. The largest absolute Gasteiger partial charge is 0.488 e. The molecule has 0 aliphatic heterocycles. The third kappa shape index (κ3) is 6.54. The van der Waals surface area contributed by atoms with Crippen LogP contribution < -0.4 is 10.1 Å². The lowest BCUT2D eigenvalue weighted by molar-refractivity contribution is -0.116. The number of Topliss-reactive ketones (excluding diaryl/α,β-unsaturated/α-hetero) is 1. The molecule has 34 heavy (non-hydrogen) atoms. The van der Waals surface area contributed by atoms with E-state index < -0.39 is 12.6 Å². The number of ether oxygens (including phenoxy) is 2. The number of rotatable bonds is 10. The lowest BCUT2D eigenvalue weighted by atomic mass is 10.1. The summed E-state index contributed by atoms with van der Waals surface area (Å²) in [7, 11) is 0. The third-order valence-electron chi connectivity index (χ3n) is 5.08. The van der Waals surface area contributed by atoms with E-state index >= 15 is 0 Å². The van der Waals surface area contributed by atoms with Gasteiger partial charge in [-0.3, -0.25) is 9.59 Å². The lowest BCUT2D eigenvalue weighted by Crippen LogP contribution is -2.16. The predicted molar refractivity (Wildman–Crippen MR) is 126 cm³/mol. The normalized spacial score (nSPS) is 10.7. The number of para-hydroxylation sites is 1. The zero-order valence-electron chi connectivity index (χ0n) is 19.7. The van der Waals surface area contributed by atoms with Gasteiger partial charge in [-0.25, -0.2) is 4.79 Å². The Hall–Kier alpha value is -3.94. The maximum atomic E-state index is 12.6. The summed E-state index contributed by atoms with van der Waals surface area (Å²) >= 11 is 0. The smallest absolute Gasteiger partial charge is 0.342 e. The zero-order valence-corrected chi connectivity index (χ0v) is 19.7. The van der Waals surface area contributed by atoms with Gasteiger partial charge in [0.25, 0.3) is 0 Å². The molecular weight excluding hydrogens is 436 g/mol. The van der Waals surface area contributed by atoms with E-state index in [0.717, 1.165) is 5.56 Å². The van der Waals surface area contributed by atoms with Gasteiger partial charge < -0.3 is 19.3 Å². The van der Waals surface area contributed by atoms with Crippen LogP contribution in [0.1, 0.15) is 58.0 Å². The highest BCUT2D eigenvalue weighted by Crippen LogP contribution is 2.22. The first-order valence-corrected chi connectivity index (χ1v) is 11.0. The molecule has 1 aromatic heterocycles. The van der Waals surface area contributed by atoms with E-state index in [1.807, 2.05) is 20.8 Å². The molecule has 0 radical (unpaired) electrons. The van der Waals surface area contributed by atoms with Crippen molar-refractivity contribution in [1.29, 1.82) is 0 Å². The number of amides is 1. The van der Waals surface area contributed by atoms with Crippen molar-refractivity contribution in [1.82, 2.24) is 5.16 Å². The molecule has 0 bridgehead atoms. The number of esters is 1. The molecule has 0 saturated heterocycles. The second kappa shape index (κ2) is 11.3. The highest BCUT2D eigenvalue weighted by Gasteiger charge is 2.18. The highest BCUT2D eigenvalue weighted by atomic mass is 16.5. The van der Waals surface area contributed by atoms with Gasteiger partial charge in [0, 0.05) is 17.7 Å². The van der Waals surface area contributed by atoms with Crippen LogP contribution in [-0.4, -0.2) is 29.4 Å². The Kier molecular flexibility index (Phi) is 8.19. The van der Waals surface area contributed by atoms with Crippen molar-refractivity contribution in [2.75, 3.05) is 11.9 Å². The van der Waals surface area contributed by atoms with E-state index in [2.05, 4.69) is 10.5 Å². The number of hydrogen-bond donors (Lipinski definition) is 1. The third-order valence-corrected chi connectivity index (χ3v) is 5.08. The highest BCUT2D eigenvalue weighted by molar-refractivity contribution is 6.00. The molecule has 1 heterocycles. The molecule has 0 atom stereocenters. The standard InChI is InChI=1S/C26H28N2O6/c1-16(2)13-25(30)27-20-11-9-19(10-12-20)23(29)15-33-26(31)21-7-5-6-8-24(21)32-14-22-17(3)28-34-18(22)4/h5-12,16H,13-15H2,1-4H3,(H,27,30). The average molecular weight is 465 g/mol. The van der Waals surface area contributed by atoms with Gasteiger partial charge in [-0.15, -0.1) is 0 Å². The number of nitrogens with zero attached hydrogens (tertiary/aromatic N) is 1. The van der Waals surface area contributed by atoms with Crippen molar-refractivity contribution in [3.63, 3.8) is 0 Å². The topological polar surface area (TPSA) is 108 Å². The Labute approximate surface area is 198 Å². The SMILES string of the molecule is Cc1noc(C)c1COc1ccccc1C(=O)OCC(=O)c1ccc(NC(=O)CC(C)C)cc1. The summed E-state index contributed by atoms with van der Waals surface area (Å²) < 4.78 is 16.2. The minimum Gasteiger partial charge on any atom is -0.488 e. The van der Waals surface area contributed by atoms with Crippen LogP contribution in [-0.2, 0) is 16.1 Å². The number of anilines is 1. The maximum Gasteiger partial charge on any atom is 0.342 e. The van der Waals surface area contributed by atoms with Gasteiger partial charge in [0.1, 0.15) is 23.7 Å². The van der Waals surface area contributed by atoms with E-state index in [1.165, 1.54) is 0 Å². The molecule has 0 aliphatic carbocycles. The number of benzene rings is 2. The van der Waals surface area contributed by atoms with Crippen LogP contribution in [0.25, 0.3) is 0 Å². The molecule has 0 aliphatic rings. The number of aromatic nitrogens is 1. The van der Waals surface area contributed by atoms with Crippen molar-refractivity contribution in [2.24, 2.45) is 5.92 Å². The molecule has 1 N–H and O–H groups in total. The van der Waals surface area contributed by atoms with E-state index in [-0.39, 0.29) is 29.8 Å². The summed E-state index contributed by atoms with van der Waals surface area (Å²) in [6, 6.07) is 13.1. The molecular formula is C26H28N2O6. The first-order valence-electron chi connectivity index (χ1n) is 11.0. The van der Waals surface area contributed by atoms with Crippen LogP contribution in [0.15, 0.2) is 53.1 Å². The Morgan fingerprint density at radius 2 is 1.74 bits per heavy atom. The molecule has 1 amide bonds. The van der Waals surface area contributed by atoms with Gasteiger partial charge in [0.15, 0.2) is 12.4 Å². The molecule has 0 fully saturated rings. The van der Waals surface area contributed by atoms with Crippen LogP contribution in [0.2, 0.25) is 0 Å². The first kappa shape index (κ1) is 24.7. The summed E-state index contributed by atoms with van der Waals surface area (Å²) in [5.74, 6) is 0.123. The molecule has 0 saturated carbocycles. The quantitative estimate of drug-likeness (QED) is 0.336. The summed E-state index contributed by atoms with van der Waals surface area (Å²) in [4.78, 5) is 37.0. The van der Waals surface area contributed by atoms with Crippen LogP contribution >= 0.6 is 0 Å². The summed E-state index contributed by atoms with van der Waals surface area (Å²) in [6.07, 6.45) is 0.417. The number of aryl methyl sites for hydroxylation is 2. The number of hydrogen-bond acceptors (Lipinski definition) is 7. The number of ketones is 1. The van der Waals surface area contributed by atoms with Crippen LogP contribution in [0.4, 0.5) is 5.69 Å². The Morgan fingerprint density at radius 3 is 2.38 bits per heavy atom. The Morgan fingerprint density at radius 1 is 1.03 bits per heavy atom. The van der Waals surface area contributed by atoms with Gasteiger partial charge in [-0.1, -0.05) is 31.1 Å². The van der Waals surface area contributed by atoms with Gasteiger partial charge >= 0.3 is 5.97 Å². The summed E-state index contributed by atoms with van der Waals surface area (Å²) in [5.41, 5.74) is 2.71. The molecule has 3 rings (SSSR count). The minimum absolute atomic E-state index is 0.0850. The van der Waals surface area contributed by atoms with E-state index in [9.17, 15) is 14.4 Å². The Balaban J connectivity index is 1.57. The van der Waals surface area contributed by atoms with Gasteiger partial charge in [0.2, 0.25) is 5.91 Å². The summed E-state index contributed by atoms with van der Waals surface area (Å²) in [6.45, 7) is 7.29. The van der Waals surface area contributed by atoms with Crippen molar-refractivity contribution < 1.29 is 28.4 Å². The molecule has 8 nitrogen and oxygen atoms in total. The van der Waals surface area contributed by atoms with Gasteiger partial charge in [-0.2, -0.15) is 0 Å². The average Bonchev–Trinajstić information content (AvgIpc) is 3.13. The van der Waals surface area contributed by atoms with Crippen molar-refractivity contribution in [2.45, 2.75) is 40.7 Å². The second-order valence-corrected chi connectivity index (χ2v) is 8.31. The van der Waals surface area contributed by atoms with E-state index in [0.29, 0.717) is 34.9 Å². The zero-order chi connectivity index (χ0) is 24.7. The number of carbonyl (C=O) groups excluding carboxylic acids is 3. The predicted octanol–water partition coefficient (Wildman–Crippen LogP) is 4.89. The Bertz CT molecular complexity index is 1140. The fourth-order valence-electron chi connectivity index (χ4n) is 3.23. The van der Waals surface area contributed by atoms with Crippen molar-refractivity contribution >= 4 is 23.3 Å². The molecule has 3 aromatic rings. The molecule has 0 spiro atoms. The summed E-state index contributed by atoms with van der Waals surface area (Å²) in [5, 5.41) is 6.68. The molecule has 178 valence electrons. The van der Waals surface area contributed by atoms with Gasteiger partial charge in [-0.05, 0) is 56.2 Å². The fourth-order valence-corrected chi connectivity index (χ4v) is 3.23.